The first-order valence-corrected chi connectivity index (χ1v) is 8.53. The fourth-order valence-corrected chi connectivity index (χ4v) is 2.99. The van der Waals surface area contributed by atoms with Crippen LogP contribution in [-0.2, 0) is 9.59 Å². The van der Waals surface area contributed by atoms with Gasteiger partial charge in [0.25, 0.3) is 0 Å². The Hall–Kier alpha value is -3.02. The number of rotatable bonds is 4. The standard InChI is InChI=1S/C20H20O6/c21-15-5-9-17(10-6-15)25-19(23)13-1-2-14(4-3-13)20(24)26-18-11-7-16(22)8-12-18/h5-14,21-22H,1-4H2. The van der Waals surface area contributed by atoms with E-state index in [0.717, 1.165) is 0 Å². The van der Waals surface area contributed by atoms with Gasteiger partial charge >= 0.3 is 11.9 Å². The lowest BCUT2D eigenvalue weighted by Gasteiger charge is -2.25. The fraction of sp³-hybridized carbons (Fsp3) is 0.300. The van der Waals surface area contributed by atoms with Gasteiger partial charge in [-0.3, -0.25) is 9.59 Å². The van der Waals surface area contributed by atoms with Gasteiger partial charge in [-0.2, -0.15) is 0 Å². The number of hydrogen-bond acceptors (Lipinski definition) is 6. The lowest BCUT2D eigenvalue weighted by Crippen LogP contribution is -2.30. The molecular weight excluding hydrogens is 336 g/mol. The lowest BCUT2D eigenvalue weighted by molar-refractivity contribution is -0.145. The van der Waals surface area contributed by atoms with Crippen molar-refractivity contribution in [1.29, 1.82) is 0 Å². The summed E-state index contributed by atoms with van der Waals surface area (Å²) in [5, 5.41) is 18.5. The minimum Gasteiger partial charge on any atom is -0.508 e. The molecule has 136 valence electrons. The van der Waals surface area contributed by atoms with Crippen molar-refractivity contribution >= 4 is 11.9 Å². The van der Waals surface area contributed by atoms with E-state index in [1.54, 1.807) is 0 Å². The maximum atomic E-state index is 12.2. The third-order valence-corrected chi connectivity index (χ3v) is 4.50. The minimum atomic E-state index is -0.318. The van der Waals surface area contributed by atoms with Gasteiger partial charge in [-0.25, -0.2) is 0 Å². The number of ether oxygens (including phenoxy) is 2. The van der Waals surface area contributed by atoms with Crippen LogP contribution >= 0.6 is 0 Å². The Labute approximate surface area is 151 Å². The Morgan fingerprint density at radius 2 is 0.962 bits per heavy atom. The first-order chi connectivity index (χ1) is 12.5. The van der Waals surface area contributed by atoms with Gasteiger partial charge in [0.15, 0.2) is 0 Å². The van der Waals surface area contributed by atoms with Crippen LogP contribution in [0.2, 0.25) is 0 Å². The molecule has 0 spiro atoms. The number of hydrogen-bond donors (Lipinski definition) is 2. The molecule has 2 aromatic rings. The number of phenolic OH excluding ortho intramolecular Hbond substituents is 2. The van der Waals surface area contributed by atoms with Crippen LogP contribution in [0.1, 0.15) is 25.7 Å². The summed E-state index contributed by atoms with van der Waals surface area (Å²) < 4.78 is 10.6. The number of phenols is 2. The number of carbonyl (C=O) groups excluding carboxylic acids is 2. The molecule has 1 aliphatic rings. The quantitative estimate of drug-likeness (QED) is 0.644. The SMILES string of the molecule is O=C(Oc1ccc(O)cc1)C1CCC(C(=O)Oc2ccc(O)cc2)CC1. The monoisotopic (exact) mass is 356 g/mol. The molecule has 6 nitrogen and oxygen atoms in total. The molecule has 0 aromatic heterocycles. The van der Waals surface area contributed by atoms with Crippen LogP contribution in [0.25, 0.3) is 0 Å². The van der Waals surface area contributed by atoms with E-state index in [1.807, 2.05) is 0 Å². The van der Waals surface area contributed by atoms with Gasteiger partial charge in [0, 0.05) is 0 Å². The normalized spacial score (nSPS) is 19.5. The largest absolute Gasteiger partial charge is 0.508 e. The van der Waals surface area contributed by atoms with Gasteiger partial charge in [0.1, 0.15) is 23.0 Å². The number of aromatic hydroxyl groups is 2. The molecule has 0 aliphatic heterocycles. The third-order valence-electron chi connectivity index (χ3n) is 4.50. The zero-order chi connectivity index (χ0) is 18.5. The molecule has 1 fully saturated rings. The second-order valence-corrected chi connectivity index (χ2v) is 6.38. The highest BCUT2D eigenvalue weighted by molar-refractivity contribution is 5.77. The highest BCUT2D eigenvalue weighted by Gasteiger charge is 2.32. The van der Waals surface area contributed by atoms with Gasteiger partial charge in [0.05, 0.1) is 11.8 Å². The Balaban J connectivity index is 1.48. The van der Waals surface area contributed by atoms with Crippen molar-refractivity contribution in [2.45, 2.75) is 25.7 Å². The van der Waals surface area contributed by atoms with Gasteiger partial charge in [-0.05, 0) is 74.2 Å². The Kier molecular flexibility index (Phi) is 5.41. The van der Waals surface area contributed by atoms with E-state index >= 15 is 0 Å². The molecule has 0 radical (unpaired) electrons. The average Bonchev–Trinajstić information content (AvgIpc) is 2.65. The average molecular weight is 356 g/mol. The van der Waals surface area contributed by atoms with Crippen LogP contribution in [0.4, 0.5) is 0 Å². The molecule has 0 unspecified atom stereocenters. The highest BCUT2D eigenvalue weighted by Crippen LogP contribution is 2.31. The highest BCUT2D eigenvalue weighted by atomic mass is 16.5. The van der Waals surface area contributed by atoms with Gasteiger partial charge in [-0.15, -0.1) is 0 Å². The summed E-state index contributed by atoms with van der Waals surface area (Å²) in [7, 11) is 0. The summed E-state index contributed by atoms with van der Waals surface area (Å²) in [5.74, 6) is -0.136. The molecule has 0 atom stereocenters. The summed E-state index contributed by atoms with van der Waals surface area (Å²) in [6.45, 7) is 0. The molecule has 2 N–H and O–H groups in total. The summed E-state index contributed by atoms with van der Waals surface area (Å²) >= 11 is 0. The maximum absolute atomic E-state index is 12.2. The van der Waals surface area contributed by atoms with Crippen molar-refractivity contribution < 1.29 is 29.3 Å². The van der Waals surface area contributed by atoms with E-state index in [-0.39, 0.29) is 35.3 Å². The van der Waals surface area contributed by atoms with Crippen LogP contribution in [-0.4, -0.2) is 22.2 Å². The second-order valence-electron chi connectivity index (χ2n) is 6.38. The van der Waals surface area contributed by atoms with Crippen LogP contribution < -0.4 is 9.47 Å². The van der Waals surface area contributed by atoms with Crippen LogP contribution in [0, 0.1) is 11.8 Å². The van der Waals surface area contributed by atoms with Crippen molar-refractivity contribution in [3.63, 3.8) is 0 Å². The van der Waals surface area contributed by atoms with Gasteiger partial charge < -0.3 is 19.7 Å². The van der Waals surface area contributed by atoms with E-state index in [9.17, 15) is 19.8 Å². The third kappa shape index (κ3) is 4.53. The summed E-state index contributed by atoms with van der Waals surface area (Å²) in [6, 6.07) is 12.0. The van der Waals surface area contributed by atoms with Crippen molar-refractivity contribution in [3.8, 4) is 23.0 Å². The Morgan fingerprint density at radius 3 is 1.27 bits per heavy atom. The molecule has 6 heteroatoms. The van der Waals surface area contributed by atoms with E-state index in [2.05, 4.69) is 0 Å². The molecule has 0 amide bonds. The molecule has 2 aromatic carbocycles. The van der Waals surface area contributed by atoms with Gasteiger partial charge in [0.2, 0.25) is 0 Å². The number of carbonyl (C=O) groups is 2. The zero-order valence-corrected chi connectivity index (χ0v) is 14.1. The number of benzene rings is 2. The summed E-state index contributed by atoms with van der Waals surface area (Å²) in [6.07, 6.45) is 2.25. The van der Waals surface area contributed by atoms with E-state index in [0.29, 0.717) is 37.2 Å². The predicted molar refractivity (Wildman–Crippen MR) is 92.9 cm³/mol. The van der Waals surface area contributed by atoms with Gasteiger partial charge in [-0.1, -0.05) is 0 Å². The molecule has 1 aliphatic carbocycles. The second kappa shape index (κ2) is 7.91. The molecule has 3 rings (SSSR count). The Bertz CT molecular complexity index is 690. The van der Waals surface area contributed by atoms with Crippen LogP contribution in [0.15, 0.2) is 48.5 Å². The summed E-state index contributed by atoms with van der Waals surface area (Å²) in [4.78, 5) is 24.5. The van der Waals surface area contributed by atoms with Crippen molar-refractivity contribution in [1.82, 2.24) is 0 Å². The fourth-order valence-electron chi connectivity index (χ4n) is 2.99. The first kappa shape index (κ1) is 17.8. The molecule has 26 heavy (non-hydrogen) atoms. The minimum absolute atomic E-state index is 0.109. The smallest absolute Gasteiger partial charge is 0.314 e. The Morgan fingerprint density at radius 1 is 0.654 bits per heavy atom. The molecule has 0 saturated heterocycles. The van der Waals surface area contributed by atoms with Crippen LogP contribution in [0.5, 0.6) is 23.0 Å². The summed E-state index contributed by atoms with van der Waals surface area (Å²) in [5.41, 5.74) is 0. The molecular formula is C20H20O6. The molecule has 0 heterocycles. The first-order valence-electron chi connectivity index (χ1n) is 8.53. The topological polar surface area (TPSA) is 93.1 Å². The van der Waals surface area contributed by atoms with E-state index in [4.69, 9.17) is 9.47 Å². The maximum Gasteiger partial charge on any atom is 0.314 e. The zero-order valence-electron chi connectivity index (χ0n) is 14.1. The van der Waals surface area contributed by atoms with Crippen molar-refractivity contribution in [3.05, 3.63) is 48.5 Å². The van der Waals surface area contributed by atoms with E-state index in [1.165, 1.54) is 48.5 Å². The predicted octanol–water partition coefficient (Wildman–Crippen LogP) is 3.42. The van der Waals surface area contributed by atoms with Crippen LogP contribution in [0.3, 0.4) is 0 Å². The van der Waals surface area contributed by atoms with Crippen molar-refractivity contribution in [2.75, 3.05) is 0 Å². The lowest BCUT2D eigenvalue weighted by atomic mass is 9.82. The number of esters is 2. The van der Waals surface area contributed by atoms with Crippen molar-refractivity contribution in [2.24, 2.45) is 11.8 Å². The van der Waals surface area contributed by atoms with E-state index < -0.39 is 0 Å². The molecule has 1 saturated carbocycles. The molecule has 0 bridgehead atoms.